The van der Waals surface area contributed by atoms with Gasteiger partial charge in [-0.05, 0) is 19.1 Å². The van der Waals surface area contributed by atoms with Crippen LogP contribution in [0.1, 0.15) is 19.3 Å². The topological polar surface area (TPSA) is 105 Å². The average molecular weight is 290 g/mol. The van der Waals surface area contributed by atoms with Gasteiger partial charge in [0.2, 0.25) is 0 Å². The summed E-state index contributed by atoms with van der Waals surface area (Å²) in [5, 5.41) is 13.6. The Morgan fingerprint density at radius 2 is 2.05 bits per heavy atom. The number of amides is 3. The first-order chi connectivity index (χ1) is 9.02. The number of carboxylic acid groups (broad SMARTS) is 1. The summed E-state index contributed by atoms with van der Waals surface area (Å²) in [6, 6.07) is -0.488. The quantitative estimate of drug-likeness (QED) is 0.645. The third-order valence-corrected chi connectivity index (χ3v) is 3.95. The molecule has 0 heterocycles. The lowest BCUT2D eigenvalue weighted by Crippen LogP contribution is -2.47. The van der Waals surface area contributed by atoms with Gasteiger partial charge in [0.15, 0.2) is 0 Å². The van der Waals surface area contributed by atoms with Crippen LogP contribution in [0, 0.1) is 0 Å². The number of carbonyl (C=O) groups excluding carboxylic acids is 2. The van der Waals surface area contributed by atoms with Crippen LogP contribution in [-0.2, 0) is 14.3 Å². The summed E-state index contributed by atoms with van der Waals surface area (Å²) in [6.45, 7) is -1.01. The second-order valence-electron chi connectivity index (χ2n) is 4.22. The molecule has 0 radical (unpaired) electrons. The normalized spacial score (nSPS) is 21.9. The highest BCUT2D eigenvalue weighted by Gasteiger charge is 2.28. The van der Waals surface area contributed by atoms with Crippen molar-refractivity contribution in [2.45, 2.75) is 30.6 Å². The molecular weight excluding hydrogens is 272 g/mol. The van der Waals surface area contributed by atoms with Crippen molar-refractivity contribution < 1.29 is 24.2 Å². The first-order valence-corrected chi connectivity index (χ1v) is 7.24. The highest BCUT2D eigenvalue weighted by atomic mass is 32.2. The largest absolute Gasteiger partial charge is 0.480 e. The SMILES string of the molecule is CSC1CCCC1NC(=O)NC(=O)COCC(=O)O. The lowest BCUT2D eigenvalue weighted by Gasteiger charge is -2.19. The minimum absolute atomic E-state index is 0.0720. The Hall–Kier alpha value is -1.28. The van der Waals surface area contributed by atoms with Crippen LogP contribution in [0.2, 0.25) is 0 Å². The predicted octanol–water partition coefficient (Wildman–Crippen LogP) is 0.198. The lowest BCUT2D eigenvalue weighted by molar-refractivity contribution is -0.143. The summed E-state index contributed by atoms with van der Waals surface area (Å²) in [6.07, 6.45) is 5.02. The van der Waals surface area contributed by atoms with Crippen LogP contribution in [0.3, 0.4) is 0 Å². The molecule has 2 atom stereocenters. The van der Waals surface area contributed by atoms with Crippen LogP contribution < -0.4 is 10.6 Å². The second-order valence-corrected chi connectivity index (χ2v) is 5.30. The minimum Gasteiger partial charge on any atom is -0.480 e. The van der Waals surface area contributed by atoms with Crippen LogP contribution in [0.5, 0.6) is 0 Å². The number of nitrogens with one attached hydrogen (secondary N) is 2. The van der Waals surface area contributed by atoms with Gasteiger partial charge in [0, 0.05) is 11.3 Å². The Morgan fingerprint density at radius 3 is 2.68 bits per heavy atom. The van der Waals surface area contributed by atoms with Gasteiger partial charge in [0.1, 0.15) is 13.2 Å². The fourth-order valence-electron chi connectivity index (χ4n) is 1.97. The molecule has 7 nitrogen and oxygen atoms in total. The summed E-state index contributed by atoms with van der Waals surface area (Å²) in [4.78, 5) is 33.0. The summed E-state index contributed by atoms with van der Waals surface area (Å²) in [7, 11) is 0. The van der Waals surface area contributed by atoms with E-state index in [2.05, 4.69) is 15.4 Å². The second kappa shape index (κ2) is 8.00. The molecule has 1 aliphatic carbocycles. The average Bonchev–Trinajstić information content (AvgIpc) is 2.75. The van der Waals surface area contributed by atoms with Gasteiger partial charge >= 0.3 is 12.0 Å². The van der Waals surface area contributed by atoms with Gasteiger partial charge in [-0.25, -0.2) is 9.59 Å². The minimum atomic E-state index is -1.16. The van der Waals surface area contributed by atoms with Gasteiger partial charge < -0.3 is 15.2 Å². The number of ether oxygens (including phenoxy) is 1. The fourth-order valence-corrected chi connectivity index (χ4v) is 2.91. The van der Waals surface area contributed by atoms with Gasteiger partial charge in [0.25, 0.3) is 5.91 Å². The van der Waals surface area contributed by atoms with Gasteiger partial charge in [-0.1, -0.05) is 6.42 Å². The number of urea groups is 1. The third kappa shape index (κ3) is 5.93. The van der Waals surface area contributed by atoms with E-state index in [4.69, 9.17) is 5.11 Å². The Labute approximate surface area is 115 Å². The van der Waals surface area contributed by atoms with Crippen molar-refractivity contribution in [3.8, 4) is 0 Å². The molecule has 0 aliphatic heterocycles. The van der Waals surface area contributed by atoms with Crippen LogP contribution in [0.15, 0.2) is 0 Å². The zero-order valence-corrected chi connectivity index (χ0v) is 11.5. The predicted molar refractivity (Wildman–Crippen MR) is 70.1 cm³/mol. The maximum atomic E-state index is 11.5. The summed E-state index contributed by atoms with van der Waals surface area (Å²) >= 11 is 1.70. The highest BCUT2D eigenvalue weighted by molar-refractivity contribution is 7.99. The van der Waals surface area contributed by atoms with Crippen molar-refractivity contribution >= 4 is 29.7 Å². The molecule has 3 N–H and O–H groups in total. The summed E-state index contributed by atoms with van der Waals surface area (Å²) in [5.74, 6) is -1.82. The number of rotatable bonds is 6. The lowest BCUT2D eigenvalue weighted by atomic mass is 10.2. The summed E-state index contributed by atoms with van der Waals surface area (Å²) < 4.78 is 4.57. The molecule has 0 spiro atoms. The Kier molecular flexibility index (Phi) is 6.65. The zero-order chi connectivity index (χ0) is 14.3. The summed E-state index contributed by atoms with van der Waals surface area (Å²) in [5.41, 5.74) is 0. The molecule has 3 amide bonds. The maximum Gasteiger partial charge on any atom is 0.329 e. The first-order valence-electron chi connectivity index (χ1n) is 5.95. The highest BCUT2D eigenvalue weighted by Crippen LogP contribution is 2.28. The molecule has 2 unspecified atom stereocenters. The number of hydrogen-bond acceptors (Lipinski definition) is 5. The number of aliphatic carboxylic acids is 1. The maximum absolute atomic E-state index is 11.5. The monoisotopic (exact) mass is 290 g/mol. The van der Waals surface area contributed by atoms with Crippen LogP contribution >= 0.6 is 11.8 Å². The van der Waals surface area contributed by atoms with E-state index in [9.17, 15) is 14.4 Å². The van der Waals surface area contributed by atoms with E-state index in [1.54, 1.807) is 11.8 Å². The first kappa shape index (κ1) is 15.8. The van der Waals surface area contributed by atoms with Crippen molar-refractivity contribution in [3.63, 3.8) is 0 Å². The standard InChI is InChI=1S/C11H18N2O5S/c1-19-8-4-2-3-7(8)12-11(17)13-9(14)5-18-6-10(15)16/h7-8H,2-6H2,1H3,(H,15,16)(H2,12,13,14,17). The fraction of sp³-hybridized carbons (Fsp3) is 0.727. The number of thioether (sulfide) groups is 1. The van der Waals surface area contributed by atoms with Crippen LogP contribution in [0.4, 0.5) is 4.79 Å². The van der Waals surface area contributed by atoms with E-state index in [1.165, 1.54) is 0 Å². The molecule has 0 aromatic rings. The third-order valence-electron chi connectivity index (χ3n) is 2.78. The molecule has 19 heavy (non-hydrogen) atoms. The zero-order valence-electron chi connectivity index (χ0n) is 10.7. The molecule has 1 aliphatic rings. The Bertz CT molecular complexity index is 350. The molecule has 108 valence electrons. The molecule has 0 saturated heterocycles. The van der Waals surface area contributed by atoms with Gasteiger partial charge in [0.05, 0.1) is 0 Å². The Morgan fingerprint density at radius 1 is 1.32 bits per heavy atom. The number of imide groups is 1. The molecule has 0 aromatic heterocycles. The van der Waals surface area contributed by atoms with Crippen LogP contribution in [-0.4, -0.2) is 53.8 Å². The van der Waals surface area contributed by atoms with E-state index in [1.807, 2.05) is 6.26 Å². The van der Waals surface area contributed by atoms with Crippen molar-refractivity contribution in [1.82, 2.24) is 10.6 Å². The molecule has 8 heteroatoms. The number of carbonyl (C=O) groups is 3. The molecule has 0 aromatic carbocycles. The molecule has 1 saturated carbocycles. The van der Waals surface area contributed by atoms with Crippen molar-refractivity contribution in [2.75, 3.05) is 19.5 Å². The molecule has 1 rings (SSSR count). The van der Waals surface area contributed by atoms with Crippen molar-refractivity contribution in [1.29, 1.82) is 0 Å². The van der Waals surface area contributed by atoms with Gasteiger partial charge in [-0.3, -0.25) is 10.1 Å². The van der Waals surface area contributed by atoms with Crippen molar-refractivity contribution in [3.05, 3.63) is 0 Å². The van der Waals surface area contributed by atoms with Crippen molar-refractivity contribution in [2.24, 2.45) is 0 Å². The van der Waals surface area contributed by atoms with E-state index in [-0.39, 0.29) is 6.04 Å². The number of hydrogen-bond donors (Lipinski definition) is 3. The van der Waals surface area contributed by atoms with Gasteiger partial charge in [-0.2, -0.15) is 11.8 Å². The Balaban J connectivity index is 2.23. The molecular formula is C11H18N2O5S. The van der Waals surface area contributed by atoms with E-state index in [0.29, 0.717) is 5.25 Å². The molecule has 0 bridgehead atoms. The van der Waals surface area contributed by atoms with E-state index in [0.717, 1.165) is 19.3 Å². The molecule has 1 fully saturated rings. The smallest absolute Gasteiger partial charge is 0.329 e. The van der Waals surface area contributed by atoms with E-state index < -0.39 is 31.1 Å². The van der Waals surface area contributed by atoms with Gasteiger partial charge in [-0.15, -0.1) is 0 Å². The van der Waals surface area contributed by atoms with E-state index >= 15 is 0 Å². The van der Waals surface area contributed by atoms with Crippen LogP contribution in [0.25, 0.3) is 0 Å². The number of carboxylic acids is 1.